The number of carbonyl (C=O) groups is 2. The van der Waals surface area contributed by atoms with Crippen LogP contribution in [0.1, 0.15) is 30.9 Å². The standard InChI is InChI=1S/C25H29N3O4/c1-17-19(15-28-11-5-6-12-28)16-32-23-14-20(9-10-21(17)23)26-24(29)22(27-25(30)31)13-18-7-3-2-4-8-18/h2-4,7-10,14,22,27H,5-6,11-13,15-16H2,1H3,(H,26,29)(H,30,31). The fraction of sp³-hybridized carbons (Fsp3) is 0.360. The molecule has 0 radical (unpaired) electrons. The Bertz CT molecular complexity index is 1010. The van der Waals surface area contributed by atoms with E-state index in [0.717, 1.165) is 36.5 Å². The average Bonchev–Trinajstić information content (AvgIpc) is 3.29. The second-order valence-corrected chi connectivity index (χ2v) is 8.39. The third kappa shape index (κ3) is 5.29. The number of ether oxygens (including phenoxy) is 1. The van der Waals surface area contributed by atoms with Crippen LogP contribution in [0.15, 0.2) is 54.1 Å². The number of nitrogens with one attached hydrogen (secondary N) is 2. The highest BCUT2D eigenvalue weighted by Crippen LogP contribution is 2.35. The number of hydrogen-bond donors (Lipinski definition) is 3. The first kappa shape index (κ1) is 21.9. The number of fused-ring (bicyclic) bond motifs is 1. The van der Waals surface area contributed by atoms with Crippen molar-refractivity contribution in [3.05, 3.63) is 65.2 Å². The maximum absolute atomic E-state index is 12.8. The summed E-state index contributed by atoms with van der Waals surface area (Å²) in [6.45, 7) is 5.89. The molecule has 0 bridgehead atoms. The van der Waals surface area contributed by atoms with Crippen LogP contribution >= 0.6 is 0 Å². The summed E-state index contributed by atoms with van der Waals surface area (Å²) in [6, 6.07) is 14.0. The van der Waals surface area contributed by atoms with Crippen molar-refractivity contribution < 1.29 is 19.4 Å². The SMILES string of the molecule is CC1=C(CN2CCCC2)COc2cc(NC(=O)C(Cc3ccccc3)NC(=O)O)ccc21. The third-order valence-corrected chi connectivity index (χ3v) is 6.10. The lowest BCUT2D eigenvalue weighted by Crippen LogP contribution is -2.44. The molecule has 7 heteroatoms. The minimum atomic E-state index is -1.24. The maximum atomic E-state index is 12.8. The molecule has 1 unspecified atom stereocenters. The summed E-state index contributed by atoms with van der Waals surface area (Å²) in [6.07, 6.45) is 1.55. The molecule has 7 nitrogen and oxygen atoms in total. The summed E-state index contributed by atoms with van der Waals surface area (Å²) >= 11 is 0. The quantitative estimate of drug-likeness (QED) is 0.616. The number of amides is 2. The van der Waals surface area contributed by atoms with Crippen LogP contribution in [0.3, 0.4) is 0 Å². The van der Waals surface area contributed by atoms with Crippen LogP contribution in [-0.4, -0.2) is 54.3 Å². The van der Waals surface area contributed by atoms with Crippen LogP contribution in [0.5, 0.6) is 5.75 Å². The molecule has 2 aliphatic rings. The van der Waals surface area contributed by atoms with Crippen LogP contribution in [0.25, 0.3) is 5.57 Å². The van der Waals surface area contributed by atoms with Crippen LogP contribution in [0, 0.1) is 0 Å². The topological polar surface area (TPSA) is 90.9 Å². The zero-order chi connectivity index (χ0) is 22.5. The van der Waals surface area contributed by atoms with E-state index in [9.17, 15) is 14.7 Å². The molecule has 0 saturated carbocycles. The number of benzene rings is 2. The zero-order valence-corrected chi connectivity index (χ0v) is 18.3. The van der Waals surface area contributed by atoms with Crippen LogP contribution in [0.4, 0.5) is 10.5 Å². The number of hydrogen-bond acceptors (Lipinski definition) is 4. The van der Waals surface area contributed by atoms with Gasteiger partial charge in [-0.25, -0.2) is 4.79 Å². The molecule has 0 aliphatic carbocycles. The number of likely N-dealkylation sites (tertiary alicyclic amines) is 1. The van der Waals surface area contributed by atoms with Gasteiger partial charge in [-0.1, -0.05) is 30.3 Å². The fourth-order valence-corrected chi connectivity index (χ4v) is 4.31. The lowest BCUT2D eigenvalue weighted by Gasteiger charge is -2.26. The summed E-state index contributed by atoms with van der Waals surface area (Å²) in [5.74, 6) is 0.324. The summed E-state index contributed by atoms with van der Waals surface area (Å²) in [7, 11) is 0. The van der Waals surface area contributed by atoms with Crippen molar-refractivity contribution in [3.63, 3.8) is 0 Å². The normalized spacial score (nSPS) is 16.8. The Morgan fingerprint density at radius 1 is 1.12 bits per heavy atom. The molecule has 4 rings (SSSR count). The highest BCUT2D eigenvalue weighted by atomic mass is 16.5. The first-order chi connectivity index (χ1) is 15.5. The number of allylic oxidation sites excluding steroid dienone is 1. The Morgan fingerprint density at radius 2 is 1.88 bits per heavy atom. The molecule has 1 atom stereocenters. The Morgan fingerprint density at radius 3 is 2.59 bits per heavy atom. The van der Waals surface area contributed by atoms with Crippen molar-refractivity contribution in [2.24, 2.45) is 0 Å². The number of carboxylic acid groups (broad SMARTS) is 1. The molecule has 2 amide bonds. The van der Waals surface area contributed by atoms with Gasteiger partial charge < -0.3 is 20.5 Å². The van der Waals surface area contributed by atoms with Crippen molar-refractivity contribution in [2.45, 2.75) is 32.2 Å². The van der Waals surface area contributed by atoms with Gasteiger partial charge >= 0.3 is 6.09 Å². The Hall–Kier alpha value is -3.32. The predicted molar refractivity (Wildman–Crippen MR) is 124 cm³/mol. The van der Waals surface area contributed by atoms with Gasteiger partial charge in [0.2, 0.25) is 5.91 Å². The predicted octanol–water partition coefficient (Wildman–Crippen LogP) is 3.77. The second-order valence-electron chi connectivity index (χ2n) is 8.39. The minimum absolute atomic E-state index is 0.266. The van der Waals surface area contributed by atoms with Crippen LogP contribution < -0.4 is 15.4 Å². The monoisotopic (exact) mass is 435 g/mol. The van der Waals surface area contributed by atoms with Crippen LogP contribution in [-0.2, 0) is 11.2 Å². The maximum Gasteiger partial charge on any atom is 0.405 e. The molecule has 2 aliphatic heterocycles. The number of nitrogens with zero attached hydrogens (tertiary/aromatic N) is 1. The van der Waals surface area contributed by atoms with E-state index in [1.54, 1.807) is 0 Å². The molecular weight excluding hydrogens is 406 g/mol. The van der Waals surface area contributed by atoms with Crippen LogP contribution in [0.2, 0.25) is 0 Å². The number of anilines is 1. The first-order valence-corrected chi connectivity index (χ1v) is 11.0. The molecule has 2 aromatic carbocycles. The highest BCUT2D eigenvalue weighted by Gasteiger charge is 2.24. The van der Waals surface area contributed by atoms with Gasteiger partial charge in [-0.15, -0.1) is 0 Å². The van der Waals surface area contributed by atoms with Gasteiger partial charge in [0.15, 0.2) is 0 Å². The largest absolute Gasteiger partial charge is 0.488 e. The zero-order valence-electron chi connectivity index (χ0n) is 18.3. The highest BCUT2D eigenvalue weighted by molar-refractivity contribution is 5.97. The molecule has 2 heterocycles. The molecule has 1 saturated heterocycles. The van der Waals surface area contributed by atoms with Gasteiger partial charge in [-0.2, -0.15) is 0 Å². The van der Waals surface area contributed by atoms with E-state index in [-0.39, 0.29) is 6.42 Å². The Balaban J connectivity index is 1.46. The van der Waals surface area contributed by atoms with E-state index >= 15 is 0 Å². The van der Waals surface area contributed by atoms with E-state index in [1.807, 2.05) is 48.5 Å². The number of carbonyl (C=O) groups excluding carboxylic acids is 1. The van der Waals surface area contributed by atoms with Crippen molar-refractivity contribution in [1.82, 2.24) is 10.2 Å². The second kappa shape index (κ2) is 9.87. The summed E-state index contributed by atoms with van der Waals surface area (Å²) in [5, 5.41) is 14.3. The summed E-state index contributed by atoms with van der Waals surface area (Å²) in [5.41, 5.74) is 5.01. The lowest BCUT2D eigenvalue weighted by atomic mass is 9.97. The fourth-order valence-electron chi connectivity index (χ4n) is 4.31. The smallest absolute Gasteiger partial charge is 0.405 e. The van der Waals surface area contributed by atoms with E-state index in [0.29, 0.717) is 12.3 Å². The molecule has 2 aromatic rings. The van der Waals surface area contributed by atoms with Crippen molar-refractivity contribution >= 4 is 23.3 Å². The molecule has 0 aromatic heterocycles. The Kier molecular flexibility index (Phi) is 6.75. The van der Waals surface area contributed by atoms with Gasteiger partial charge in [-0.3, -0.25) is 9.69 Å². The Labute approximate surface area is 188 Å². The van der Waals surface area contributed by atoms with E-state index in [2.05, 4.69) is 22.5 Å². The molecule has 1 fully saturated rings. The van der Waals surface area contributed by atoms with E-state index in [1.165, 1.54) is 24.0 Å². The van der Waals surface area contributed by atoms with Crippen molar-refractivity contribution in [3.8, 4) is 5.75 Å². The van der Waals surface area contributed by atoms with E-state index in [4.69, 9.17) is 4.74 Å². The lowest BCUT2D eigenvalue weighted by molar-refractivity contribution is -0.118. The van der Waals surface area contributed by atoms with Crippen molar-refractivity contribution in [2.75, 3.05) is 31.6 Å². The van der Waals surface area contributed by atoms with E-state index < -0.39 is 18.0 Å². The average molecular weight is 436 g/mol. The van der Waals surface area contributed by atoms with Crippen molar-refractivity contribution in [1.29, 1.82) is 0 Å². The van der Waals surface area contributed by atoms with Gasteiger partial charge in [-0.05, 0) is 61.7 Å². The first-order valence-electron chi connectivity index (χ1n) is 11.0. The van der Waals surface area contributed by atoms with Gasteiger partial charge in [0.1, 0.15) is 18.4 Å². The molecule has 3 N–H and O–H groups in total. The van der Waals surface area contributed by atoms with Gasteiger partial charge in [0, 0.05) is 30.3 Å². The number of rotatable bonds is 7. The summed E-state index contributed by atoms with van der Waals surface area (Å²) < 4.78 is 6.01. The molecular formula is C25H29N3O4. The molecule has 0 spiro atoms. The van der Waals surface area contributed by atoms with Gasteiger partial charge in [0.05, 0.1) is 0 Å². The summed E-state index contributed by atoms with van der Waals surface area (Å²) in [4.78, 5) is 26.5. The minimum Gasteiger partial charge on any atom is -0.488 e. The molecule has 168 valence electrons. The van der Waals surface area contributed by atoms with Gasteiger partial charge in [0.25, 0.3) is 0 Å². The molecule has 32 heavy (non-hydrogen) atoms. The third-order valence-electron chi connectivity index (χ3n) is 6.10.